The number of aromatic nitrogens is 2. The molecule has 0 aliphatic rings. The predicted molar refractivity (Wildman–Crippen MR) is 66.0 cm³/mol. The molecule has 0 aliphatic heterocycles. The lowest BCUT2D eigenvalue weighted by Gasteiger charge is -2.11. The third-order valence-corrected chi connectivity index (χ3v) is 2.62. The van der Waals surface area contributed by atoms with E-state index in [1.807, 2.05) is 43.1 Å². The Balaban J connectivity index is 2.44. The molecule has 3 heteroatoms. The van der Waals surface area contributed by atoms with Gasteiger partial charge in [0.2, 0.25) is 0 Å². The zero-order valence-corrected chi connectivity index (χ0v) is 9.72. The fraction of sp³-hybridized carbons (Fsp3) is 0.308. The average molecular weight is 215 g/mol. The molecule has 1 atom stereocenters. The van der Waals surface area contributed by atoms with Gasteiger partial charge in [-0.3, -0.25) is 0 Å². The smallest absolute Gasteiger partial charge is 0.139 e. The SMILES string of the molecule is CC(N)Cc1ccccc1-c1nccn1C. The summed E-state index contributed by atoms with van der Waals surface area (Å²) in [6.45, 7) is 2.02. The van der Waals surface area contributed by atoms with Gasteiger partial charge in [0.05, 0.1) is 0 Å². The predicted octanol–water partition coefficient (Wildman–Crippen LogP) is 1.98. The highest BCUT2D eigenvalue weighted by Crippen LogP contribution is 2.22. The van der Waals surface area contributed by atoms with E-state index in [0.717, 1.165) is 12.2 Å². The molecule has 1 heterocycles. The van der Waals surface area contributed by atoms with Crippen molar-refractivity contribution >= 4 is 0 Å². The minimum absolute atomic E-state index is 0.168. The Morgan fingerprint density at radius 3 is 2.75 bits per heavy atom. The lowest BCUT2D eigenvalue weighted by molar-refractivity contribution is 0.738. The zero-order chi connectivity index (χ0) is 11.5. The van der Waals surface area contributed by atoms with Gasteiger partial charge in [-0.05, 0) is 18.9 Å². The molecule has 1 aromatic carbocycles. The largest absolute Gasteiger partial charge is 0.334 e. The van der Waals surface area contributed by atoms with Gasteiger partial charge >= 0.3 is 0 Å². The molecule has 2 aromatic rings. The van der Waals surface area contributed by atoms with Crippen LogP contribution in [0, 0.1) is 0 Å². The number of aryl methyl sites for hydroxylation is 1. The molecule has 1 aromatic heterocycles. The van der Waals surface area contributed by atoms with Gasteiger partial charge < -0.3 is 10.3 Å². The van der Waals surface area contributed by atoms with Crippen LogP contribution >= 0.6 is 0 Å². The summed E-state index contributed by atoms with van der Waals surface area (Å²) in [6, 6.07) is 8.47. The van der Waals surface area contributed by atoms with Crippen molar-refractivity contribution in [2.75, 3.05) is 0 Å². The van der Waals surface area contributed by atoms with Crippen molar-refractivity contribution in [3.63, 3.8) is 0 Å². The Hall–Kier alpha value is -1.61. The normalized spacial score (nSPS) is 12.7. The van der Waals surface area contributed by atoms with Crippen molar-refractivity contribution in [1.29, 1.82) is 0 Å². The van der Waals surface area contributed by atoms with E-state index in [0.29, 0.717) is 0 Å². The number of nitrogens with zero attached hydrogens (tertiary/aromatic N) is 2. The molecule has 0 radical (unpaired) electrons. The van der Waals surface area contributed by atoms with E-state index in [-0.39, 0.29) is 6.04 Å². The maximum Gasteiger partial charge on any atom is 0.139 e. The van der Waals surface area contributed by atoms with Gasteiger partial charge in [0.1, 0.15) is 5.82 Å². The molecular formula is C13H17N3. The third kappa shape index (κ3) is 2.14. The number of rotatable bonds is 3. The van der Waals surface area contributed by atoms with Crippen LogP contribution in [0.25, 0.3) is 11.4 Å². The van der Waals surface area contributed by atoms with Gasteiger partial charge in [-0.25, -0.2) is 4.98 Å². The second-order valence-corrected chi connectivity index (χ2v) is 4.20. The van der Waals surface area contributed by atoms with Crippen LogP contribution in [0.3, 0.4) is 0 Å². The fourth-order valence-corrected chi connectivity index (χ4v) is 1.89. The minimum Gasteiger partial charge on any atom is -0.334 e. The van der Waals surface area contributed by atoms with Gasteiger partial charge in [0.15, 0.2) is 0 Å². The average Bonchev–Trinajstić information content (AvgIpc) is 2.64. The fourth-order valence-electron chi connectivity index (χ4n) is 1.89. The van der Waals surface area contributed by atoms with Crippen LogP contribution in [-0.2, 0) is 13.5 Å². The van der Waals surface area contributed by atoms with Crippen molar-refractivity contribution in [2.24, 2.45) is 12.8 Å². The number of imidazole rings is 1. The number of benzene rings is 1. The van der Waals surface area contributed by atoms with Crippen LogP contribution in [0.2, 0.25) is 0 Å². The first-order valence-corrected chi connectivity index (χ1v) is 5.49. The standard InChI is InChI=1S/C13H17N3/c1-10(14)9-11-5-3-4-6-12(11)13-15-7-8-16(13)2/h3-8,10H,9,14H2,1-2H3. The van der Waals surface area contributed by atoms with Crippen molar-refractivity contribution < 1.29 is 0 Å². The molecule has 16 heavy (non-hydrogen) atoms. The molecule has 3 nitrogen and oxygen atoms in total. The molecule has 0 aliphatic carbocycles. The molecule has 0 amide bonds. The maximum absolute atomic E-state index is 5.86. The molecule has 0 fully saturated rings. The van der Waals surface area contributed by atoms with Gasteiger partial charge in [-0.15, -0.1) is 0 Å². The summed E-state index contributed by atoms with van der Waals surface area (Å²) in [6.07, 6.45) is 4.65. The van der Waals surface area contributed by atoms with Crippen LogP contribution in [-0.4, -0.2) is 15.6 Å². The van der Waals surface area contributed by atoms with Crippen molar-refractivity contribution in [2.45, 2.75) is 19.4 Å². The lowest BCUT2D eigenvalue weighted by Crippen LogP contribution is -2.18. The van der Waals surface area contributed by atoms with E-state index in [1.165, 1.54) is 11.1 Å². The van der Waals surface area contributed by atoms with E-state index >= 15 is 0 Å². The van der Waals surface area contributed by atoms with Crippen LogP contribution < -0.4 is 5.73 Å². The first kappa shape index (κ1) is 10.9. The Kier molecular flexibility index (Phi) is 3.06. The van der Waals surface area contributed by atoms with Crippen molar-refractivity contribution in [3.05, 3.63) is 42.2 Å². The minimum atomic E-state index is 0.168. The van der Waals surface area contributed by atoms with Crippen LogP contribution in [0.1, 0.15) is 12.5 Å². The van der Waals surface area contributed by atoms with Crippen molar-refractivity contribution in [1.82, 2.24) is 9.55 Å². The second-order valence-electron chi connectivity index (χ2n) is 4.20. The Morgan fingerprint density at radius 1 is 1.38 bits per heavy atom. The summed E-state index contributed by atoms with van der Waals surface area (Å²) in [5.41, 5.74) is 8.29. The molecule has 1 unspecified atom stereocenters. The molecule has 0 bridgehead atoms. The first-order chi connectivity index (χ1) is 7.68. The summed E-state index contributed by atoms with van der Waals surface area (Å²) in [4.78, 5) is 4.38. The van der Waals surface area contributed by atoms with E-state index in [1.54, 1.807) is 0 Å². The van der Waals surface area contributed by atoms with Crippen molar-refractivity contribution in [3.8, 4) is 11.4 Å². The third-order valence-electron chi connectivity index (χ3n) is 2.62. The number of hydrogen-bond acceptors (Lipinski definition) is 2. The van der Waals surface area contributed by atoms with Gasteiger partial charge in [0.25, 0.3) is 0 Å². The summed E-state index contributed by atoms with van der Waals surface area (Å²) >= 11 is 0. The van der Waals surface area contributed by atoms with E-state index in [4.69, 9.17) is 5.73 Å². The van der Waals surface area contributed by atoms with Crippen LogP contribution in [0.4, 0.5) is 0 Å². The highest BCUT2D eigenvalue weighted by Gasteiger charge is 2.09. The summed E-state index contributed by atoms with van der Waals surface area (Å²) in [7, 11) is 2.00. The molecule has 84 valence electrons. The molecular weight excluding hydrogens is 198 g/mol. The summed E-state index contributed by atoms with van der Waals surface area (Å²) in [5, 5.41) is 0. The van der Waals surface area contributed by atoms with Gasteiger partial charge in [-0.1, -0.05) is 24.3 Å². The van der Waals surface area contributed by atoms with Crippen LogP contribution in [0.5, 0.6) is 0 Å². The lowest BCUT2D eigenvalue weighted by atomic mass is 10.0. The summed E-state index contributed by atoms with van der Waals surface area (Å²) in [5.74, 6) is 0.997. The first-order valence-electron chi connectivity index (χ1n) is 5.49. The highest BCUT2D eigenvalue weighted by atomic mass is 15.0. The molecule has 2 N–H and O–H groups in total. The van der Waals surface area contributed by atoms with Gasteiger partial charge in [0, 0.05) is 31.0 Å². The topological polar surface area (TPSA) is 43.8 Å². The second kappa shape index (κ2) is 4.49. The van der Waals surface area contributed by atoms with E-state index < -0.39 is 0 Å². The van der Waals surface area contributed by atoms with E-state index in [9.17, 15) is 0 Å². The Bertz CT molecular complexity index is 472. The van der Waals surface area contributed by atoms with Gasteiger partial charge in [-0.2, -0.15) is 0 Å². The molecule has 0 saturated heterocycles. The quantitative estimate of drug-likeness (QED) is 0.850. The number of hydrogen-bond donors (Lipinski definition) is 1. The molecule has 0 spiro atoms. The monoisotopic (exact) mass is 215 g/mol. The Labute approximate surface area is 95.9 Å². The highest BCUT2D eigenvalue weighted by molar-refractivity contribution is 5.60. The Morgan fingerprint density at radius 2 is 2.12 bits per heavy atom. The van der Waals surface area contributed by atoms with Crippen LogP contribution in [0.15, 0.2) is 36.7 Å². The maximum atomic E-state index is 5.86. The molecule has 0 saturated carbocycles. The summed E-state index contributed by atoms with van der Waals surface area (Å²) < 4.78 is 2.03. The van der Waals surface area contributed by atoms with E-state index in [2.05, 4.69) is 17.1 Å². The number of nitrogens with two attached hydrogens (primary N) is 1. The zero-order valence-electron chi connectivity index (χ0n) is 9.72. The molecule has 2 rings (SSSR count).